The summed E-state index contributed by atoms with van der Waals surface area (Å²) in [6.45, 7) is 3.71. The zero-order valence-corrected chi connectivity index (χ0v) is 17.1. The number of nitrogens with two attached hydrogens (primary N) is 2. The number of hydrogen-bond acceptors (Lipinski definition) is 10. The molecule has 11 nitrogen and oxygen atoms in total. The van der Waals surface area contributed by atoms with Gasteiger partial charge in [-0.3, -0.25) is 4.79 Å². The van der Waals surface area contributed by atoms with E-state index in [0.717, 1.165) is 12.1 Å². The van der Waals surface area contributed by atoms with E-state index in [1.54, 1.807) is 11.9 Å². The van der Waals surface area contributed by atoms with Gasteiger partial charge in [0.05, 0.1) is 6.04 Å². The molecule has 1 atom stereocenters. The second-order valence-corrected chi connectivity index (χ2v) is 7.21. The van der Waals surface area contributed by atoms with Crippen LogP contribution in [0.5, 0.6) is 0 Å². The molecule has 0 amide bonds. The van der Waals surface area contributed by atoms with Crippen LogP contribution in [0.1, 0.15) is 24.4 Å². The van der Waals surface area contributed by atoms with Crippen LogP contribution in [-0.4, -0.2) is 45.8 Å². The first kappa shape index (κ1) is 21.2. The van der Waals surface area contributed by atoms with Crippen LogP contribution in [0.15, 0.2) is 16.9 Å². The highest BCUT2D eigenvalue weighted by Crippen LogP contribution is 2.25. The van der Waals surface area contributed by atoms with Gasteiger partial charge in [-0.25, -0.2) is 18.4 Å². The van der Waals surface area contributed by atoms with Gasteiger partial charge in [0.2, 0.25) is 5.95 Å². The molecule has 1 aliphatic heterocycles. The minimum absolute atomic E-state index is 0.0333. The average Bonchev–Trinajstić information content (AvgIpc) is 2.76. The molecule has 6 N–H and O–H groups in total. The van der Waals surface area contributed by atoms with Crippen molar-refractivity contribution in [3.63, 3.8) is 0 Å². The zero-order valence-electron chi connectivity index (χ0n) is 17.1. The van der Waals surface area contributed by atoms with Gasteiger partial charge in [0.25, 0.3) is 5.56 Å². The molecule has 3 aromatic rings. The molecule has 0 aliphatic carbocycles. The van der Waals surface area contributed by atoms with Crippen LogP contribution in [0.4, 0.5) is 26.4 Å². The number of hydrogen-bond donors (Lipinski definition) is 4. The minimum atomic E-state index is -0.863. The molecule has 1 saturated heterocycles. The molecule has 0 spiro atoms. The van der Waals surface area contributed by atoms with E-state index in [-0.39, 0.29) is 34.5 Å². The number of fused-ring (bicyclic) bond motifs is 1. The topological polar surface area (TPSA) is 164 Å². The first-order valence-electron chi connectivity index (χ1n) is 9.78. The van der Waals surface area contributed by atoms with Crippen molar-refractivity contribution in [3.05, 3.63) is 45.5 Å². The van der Waals surface area contributed by atoms with Crippen molar-refractivity contribution in [2.45, 2.75) is 13.0 Å². The van der Waals surface area contributed by atoms with Crippen molar-refractivity contribution >= 4 is 28.5 Å². The van der Waals surface area contributed by atoms with Crippen LogP contribution in [0, 0.1) is 23.0 Å². The molecule has 1 fully saturated rings. The molecule has 3 heterocycles. The van der Waals surface area contributed by atoms with Gasteiger partial charge in [0, 0.05) is 26.2 Å². The molecule has 1 aromatic carbocycles. The van der Waals surface area contributed by atoms with E-state index in [1.165, 1.54) is 4.68 Å². The maximum absolute atomic E-state index is 14.5. The van der Waals surface area contributed by atoms with Crippen molar-refractivity contribution in [2.24, 2.45) is 0 Å². The highest BCUT2D eigenvalue weighted by atomic mass is 19.1. The van der Waals surface area contributed by atoms with Crippen LogP contribution in [-0.2, 0) is 0 Å². The van der Waals surface area contributed by atoms with Gasteiger partial charge in [0.15, 0.2) is 11.6 Å². The fourth-order valence-electron chi connectivity index (χ4n) is 3.61. The molecule has 1 unspecified atom stereocenters. The fourth-order valence-corrected chi connectivity index (χ4v) is 3.61. The Morgan fingerprint density at radius 1 is 1.19 bits per heavy atom. The van der Waals surface area contributed by atoms with Crippen LogP contribution in [0.2, 0.25) is 0 Å². The fraction of sp³-hybridized carbons (Fsp3) is 0.316. The Morgan fingerprint density at radius 3 is 2.56 bits per heavy atom. The molecular formula is C19H20F2N10O. The van der Waals surface area contributed by atoms with E-state index in [1.807, 2.05) is 6.07 Å². The third-order valence-electron chi connectivity index (χ3n) is 5.11. The van der Waals surface area contributed by atoms with E-state index >= 15 is 0 Å². The normalized spacial score (nSPS) is 14.9. The summed E-state index contributed by atoms with van der Waals surface area (Å²) in [5.41, 5.74) is 10.2. The number of piperazine rings is 1. The summed E-state index contributed by atoms with van der Waals surface area (Å²) in [7, 11) is 0. The van der Waals surface area contributed by atoms with Crippen molar-refractivity contribution < 1.29 is 8.78 Å². The first-order valence-corrected chi connectivity index (χ1v) is 9.78. The largest absolute Gasteiger partial charge is 0.382 e. The number of nitrogen functional groups attached to an aromatic ring is 2. The Labute approximate surface area is 180 Å². The summed E-state index contributed by atoms with van der Waals surface area (Å²) in [5.74, 6) is -1.82. The van der Waals surface area contributed by atoms with Crippen molar-refractivity contribution in [1.82, 2.24) is 24.9 Å². The van der Waals surface area contributed by atoms with E-state index in [0.29, 0.717) is 26.2 Å². The molecular weight excluding hydrogens is 422 g/mol. The molecule has 32 heavy (non-hydrogen) atoms. The van der Waals surface area contributed by atoms with Crippen molar-refractivity contribution in [2.75, 3.05) is 48.0 Å². The summed E-state index contributed by atoms with van der Waals surface area (Å²) < 4.78 is 30.2. The minimum Gasteiger partial charge on any atom is -0.382 e. The van der Waals surface area contributed by atoms with Crippen LogP contribution >= 0.6 is 0 Å². The SMILES string of the molecule is CC(Nc1nc(N)nc(N)c1C#N)c1nc2c(F)ccc(F)c2c(=O)n1N1CCNCC1. The number of nitrogens with zero attached hydrogens (tertiary/aromatic N) is 6. The summed E-state index contributed by atoms with van der Waals surface area (Å²) in [5, 5.41) is 16.8. The van der Waals surface area contributed by atoms with Crippen LogP contribution in [0.3, 0.4) is 0 Å². The molecule has 0 saturated carbocycles. The van der Waals surface area contributed by atoms with E-state index in [2.05, 4.69) is 25.6 Å². The van der Waals surface area contributed by atoms with Gasteiger partial charge in [-0.15, -0.1) is 0 Å². The maximum Gasteiger partial charge on any atom is 0.283 e. The number of benzene rings is 1. The smallest absolute Gasteiger partial charge is 0.283 e. The van der Waals surface area contributed by atoms with E-state index in [9.17, 15) is 18.8 Å². The Balaban J connectivity index is 1.90. The molecule has 2 aromatic heterocycles. The van der Waals surface area contributed by atoms with Gasteiger partial charge in [0.1, 0.15) is 40.0 Å². The van der Waals surface area contributed by atoms with Gasteiger partial charge in [-0.1, -0.05) is 0 Å². The summed E-state index contributed by atoms with van der Waals surface area (Å²) in [4.78, 5) is 25.4. The van der Waals surface area contributed by atoms with E-state index in [4.69, 9.17) is 11.5 Å². The molecule has 0 radical (unpaired) electrons. The number of nitriles is 1. The predicted octanol–water partition coefficient (Wildman–Crippen LogP) is 0.215. The van der Waals surface area contributed by atoms with Crippen molar-refractivity contribution in [1.29, 1.82) is 5.26 Å². The number of rotatable bonds is 4. The quantitative estimate of drug-likeness (QED) is 0.439. The number of nitrogens with one attached hydrogen (secondary N) is 2. The lowest BCUT2D eigenvalue weighted by molar-refractivity contribution is 0.459. The predicted molar refractivity (Wildman–Crippen MR) is 114 cm³/mol. The highest BCUT2D eigenvalue weighted by molar-refractivity contribution is 5.79. The van der Waals surface area contributed by atoms with Gasteiger partial charge in [-0.2, -0.15) is 15.2 Å². The summed E-state index contributed by atoms with van der Waals surface area (Å²) in [6, 6.07) is 2.94. The number of aromatic nitrogens is 4. The van der Waals surface area contributed by atoms with E-state index < -0.39 is 28.6 Å². The Kier molecular flexibility index (Phi) is 5.45. The second-order valence-electron chi connectivity index (χ2n) is 7.21. The highest BCUT2D eigenvalue weighted by Gasteiger charge is 2.26. The lowest BCUT2D eigenvalue weighted by atomic mass is 10.2. The molecule has 166 valence electrons. The first-order chi connectivity index (χ1) is 15.3. The Hall–Kier alpha value is -4.05. The van der Waals surface area contributed by atoms with Gasteiger partial charge in [-0.05, 0) is 19.1 Å². The van der Waals surface area contributed by atoms with Gasteiger partial charge >= 0.3 is 0 Å². The Morgan fingerprint density at radius 2 is 1.88 bits per heavy atom. The van der Waals surface area contributed by atoms with Crippen molar-refractivity contribution in [3.8, 4) is 6.07 Å². The maximum atomic E-state index is 14.5. The molecule has 4 rings (SSSR count). The standard InChI is InChI=1S/C19H20F2N10O/c1-9(26-16-10(8-22)15(23)28-19(24)29-16)17-27-14-12(21)3-2-11(20)13(14)18(32)31(17)30-6-4-25-5-7-30/h2-3,9,25H,4-7H2,1H3,(H5,23,24,26,28,29). The lowest BCUT2D eigenvalue weighted by Gasteiger charge is -2.33. The third-order valence-corrected chi connectivity index (χ3v) is 5.11. The molecule has 1 aliphatic rings. The number of anilines is 3. The number of halogens is 2. The zero-order chi connectivity index (χ0) is 23.0. The third kappa shape index (κ3) is 3.60. The molecule has 13 heteroatoms. The summed E-state index contributed by atoms with van der Waals surface area (Å²) >= 11 is 0. The van der Waals surface area contributed by atoms with Crippen LogP contribution < -0.4 is 32.7 Å². The second kappa shape index (κ2) is 8.23. The summed E-state index contributed by atoms with van der Waals surface area (Å²) in [6.07, 6.45) is 0. The van der Waals surface area contributed by atoms with Gasteiger partial charge < -0.3 is 27.1 Å². The molecule has 0 bridgehead atoms. The Bertz CT molecular complexity index is 1300. The monoisotopic (exact) mass is 442 g/mol. The lowest BCUT2D eigenvalue weighted by Crippen LogP contribution is -2.54. The van der Waals surface area contributed by atoms with Crippen LogP contribution in [0.25, 0.3) is 10.9 Å². The average molecular weight is 442 g/mol.